The Hall–Kier alpha value is -2.37. The van der Waals surface area contributed by atoms with Gasteiger partial charge >= 0.3 is 0 Å². The molecule has 0 radical (unpaired) electrons. The Balaban J connectivity index is 1.46. The van der Waals surface area contributed by atoms with E-state index in [1.807, 2.05) is 29.2 Å². The van der Waals surface area contributed by atoms with E-state index in [9.17, 15) is 4.79 Å². The third-order valence-electron chi connectivity index (χ3n) is 6.12. The molecule has 2 aliphatic rings. The highest BCUT2D eigenvalue weighted by atomic mass is 16.5. The molecule has 1 aromatic heterocycles. The van der Waals surface area contributed by atoms with Crippen LogP contribution in [0.3, 0.4) is 0 Å². The molecule has 1 atom stereocenters. The van der Waals surface area contributed by atoms with E-state index in [0.29, 0.717) is 18.1 Å². The van der Waals surface area contributed by atoms with Crippen LogP contribution in [0.1, 0.15) is 69.7 Å². The summed E-state index contributed by atoms with van der Waals surface area (Å²) in [5, 5.41) is 4.16. The lowest BCUT2D eigenvalue weighted by Gasteiger charge is -2.33. The summed E-state index contributed by atoms with van der Waals surface area (Å²) in [5.74, 6) is 2.81. The van der Waals surface area contributed by atoms with E-state index < -0.39 is 0 Å². The van der Waals surface area contributed by atoms with Crippen LogP contribution in [0.15, 0.2) is 28.8 Å². The molecule has 1 aromatic carbocycles. The van der Waals surface area contributed by atoms with Crippen LogP contribution in [0, 0.1) is 5.92 Å². The molecule has 2 aromatic rings. The second kappa shape index (κ2) is 8.76. The molecule has 2 fully saturated rings. The van der Waals surface area contributed by atoms with Gasteiger partial charge in [0.15, 0.2) is 0 Å². The molecule has 2 heterocycles. The fourth-order valence-electron chi connectivity index (χ4n) is 4.51. The van der Waals surface area contributed by atoms with Gasteiger partial charge in [-0.05, 0) is 43.7 Å². The molecule has 0 bridgehead atoms. The van der Waals surface area contributed by atoms with Crippen molar-refractivity contribution in [3.63, 3.8) is 0 Å². The van der Waals surface area contributed by atoms with Crippen molar-refractivity contribution in [1.29, 1.82) is 0 Å². The number of ether oxygens (including phenoxy) is 1. The third kappa shape index (κ3) is 4.21. The minimum absolute atomic E-state index is 0.100. The highest BCUT2D eigenvalue weighted by Crippen LogP contribution is 2.34. The van der Waals surface area contributed by atoms with Crippen LogP contribution in [-0.4, -0.2) is 34.6 Å². The van der Waals surface area contributed by atoms with Crippen molar-refractivity contribution in [2.24, 2.45) is 5.92 Å². The lowest BCUT2D eigenvalue weighted by Crippen LogP contribution is -2.38. The zero-order chi connectivity index (χ0) is 19.3. The molecule has 6 nitrogen and oxygen atoms in total. The fraction of sp³-hybridized carbons (Fsp3) is 0.591. The topological polar surface area (TPSA) is 68.5 Å². The minimum Gasteiger partial charge on any atom is -0.497 e. The molecule has 1 amide bonds. The Bertz CT molecular complexity index is 798. The van der Waals surface area contributed by atoms with Gasteiger partial charge in [-0.1, -0.05) is 43.0 Å². The van der Waals surface area contributed by atoms with Gasteiger partial charge in [0.25, 0.3) is 0 Å². The second-order valence-electron chi connectivity index (χ2n) is 7.98. The average Bonchev–Trinajstić information content (AvgIpc) is 3.44. The summed E-state index contributed by atoms with van der Waals surface area (Å²) in [5.41, 5.74) is 0.851. The molecule has 4 rings (SSSR count). The lowest BCUT2D eigenvalue weighted by molar-refractivity contribution is -0.136. The molecule has 1 saturated heterocycles. The fourth-order valence-corrected chi connectivity index (χ4v) is 4.51. The Morgan fingerprint density at radius 1 is 1.21 bits per heavy atom. The van der Waals surface area contributed by atoms with Gasteiger partial charge in [0.2, 0.25) is 17.6 Å². The smallest absolute Gasteiger partial charge is 0.249 e. The number of hydrogen-bond donors (Lipinski definition) is 0. The van der Waals surface area contributed by atoms with E-state index in [2.05, 4.69) is 10.1 Å². The Labute approximate surface area is 166 Å². The first kappa shape index (κ1) is 19.0. The first-order valence-electron chi connectivity index (χ1n) is 10.5. The van der Waals surface area contributed by atoms with Crippen LogP contribution in [0.25, 0.3) is 11.4 Å². The van der Waals surface area contributed by atoms with Crippen molar-refractivity contribution >= 4 is 5.91 Å². The molecule has 1 aliphatic carbocycles. The number of carbonyl (C=O) groups excluding carboxylic acids is 1. The van der Waals surface area contributed by atoms with Crippen molar-refractivity contribution in [3.05, 3.63) is 30.2 Å². The standard InChI is InChI=1S/C22H29N3O3/c1-27-18-10-6-9-17(15-18)21-23-22(28-24-21)19-11-4-5-14-25(19)20(26)13-12-16-7-2-3-8-16/h6,9-10,15-16,19H,2-5,7-8,11-14H2,1H3. The molecule has 1 aliphatic heterocycles. The van der Waals surface area contributed by atoms with Crippen molar-refractivity contribution in [2.75, 3.05) is 13.7 Å². The molecule has 0 N–H and O–H groups in total. The number of likely N-dealkylation sites (tertiary alicyclic amines) is 1. The summed E-state index contributed by atoms with van der Waals surface area (Å²) in [4.78, 5) is 19.5. The predicted molar refractivity (Wildman–Crippen MR) is 106 cm³/mol. The van der Waals surface area contributed by atoms with E-state index in [0.717, 1.165) is 49.5 Å². The van der Waals surface area contributed by atoms with Crippen LogP contribution in [0.2, 0.25) is 0 Å². The SMILES string of the molecule is COc1cccc(-c2noc(C3CCCCN3C(=O)CCC3CCCC3)n2)c1. The highest BCUT2D eigenvalue weighted by Gasteiger charge is 2.32. The number of hydrogen-bond acceptors (Lipinski definition) is 5. The number of aromatic nitrogens is 2. The number of carbonyl (C=O) groups is 1. The van der Waals surface area contributed by atoms with Crippen molar-refractivity contribution in [1.82, 2.24) is 15.0 Å². The lowest BCUT2D eigenvalue weighted by atomic mass is 9.98. The summed E-state index contributed by atoms with van der Waals surface area (Å²) >= 11 is 0. The molecular weight excluding hydrogens is 354 g/mol. The van der Waals surface area contributed by atoms with E-state index in [1.54, 1.807) is 7.11 Å². The first-order chi connectivity index (χ1) is 13.7. The van der Waals surface area contributed by atoms with Crippen LogP contribution >= 0.6 is 0 Å². The predicted octanol–water partition coefficient (Wildman–Crippen LogP) is 4.77. The van der Waals surface area contributed by atoms with Crippen molar-refractivity contribution in [3.8, 4) is 17.1 Å². The van der Waals surface area contributed by atoms with Crippen LogP contribution < -0.4 is 4.74 Å². The normalized spacial score (nSPS) is 20.5. The summed E-state index contributed by atoms with van der Waals surface area (Å²) in [7, 11) is 1.64. The Kier molecular flexibility index (Phi) is 5.93. The van der Waals surface area contributed by atoms with Crippen molar-refractivity contribution < 1.29 is 14.1 Å². The number of amides is 1. The average molecular weight is 383 g/mol. The third-order valence-corrected chi connectivity index (χ3v) is 6.12. The largest absolute Gasteiger partial charge is 0.497 e. The second-order valence-corrected chi connectivity index (χ2v) is 7.98. The first-order valence-corrected chi connectivity index (χ1v) is 10.5. The maximum Gasteiger partial charge on any atom is 0.249 e. The van der Waals surface area contributed by atoms with Crippen molar-refractivity contribution in [2.45, 2.75) is 63.8 Å². The van der Waals surface area contributed by atoms with Gasteiger partial charge in [0, 0.05) is 18.5 Å². The molecule has 6 heteroatoms. The molecule has 0 spiro atoms. The van der Waals surface area contributed by atoms with E-state index in [1.165, 1.54) is 25.7 Å². The van der Waals surface area contributed by atoms with E-state index >= 15 is 0 Å². The van der Waals surface area contributed by atoms with Crippen LogP contribution in [0.4, 0.5) is 0 Å². The monoisotopic (exact) mass is 383 g/mol. The summed E-state index contributed by atoms with van der Waals surface area (Å²) in [6, 6.07) is 7.51. The molecular formula is C22H29N3O3. The number of nitrogens with zero attached hydrogens (tertiary/aromatic N) is 3. The van der Waals surface area contributed by atoms with Gasteiger partial charge in [-0.25, -0.2) is 0 Å². The molecule has 1 unspecified atom stereocenters. The molecule has 28 heavy (non-hydrogen) atoms. The maximum absolute atomic E-state index is 12.9. The number of piperidine rings is 1. The van der Waals surface area contributed by atoms with Crippen LogP contribution in [0.5, 0.6) is 5.75 Å². The number of benzene rings is 1. The molecule has 1 saturated carbocycles. The van der Waals surface area contributed by atoms with E-state index in [4.69, 9.17) is 9.26 Å². The highest BCUT2D eigenvalue weighted by molar-refractivity contribution is 5.76. The van der Waals surface area contributed by atoms with Gasteiger partial charge in [-0.15, -0.1) is 0 Å². The number of rotatable bonds is 6. The van der Waals surface area contributed by atoms with Gasteiger partial charge in [-0.3, -0.25) is 4.79 Å². The zero-order valence-electron chi connectivity index (χ0n) is 16.6. The van der Waals surface area contributed by atoms with Gasteiger partial charge in [-0.2, -0.15) is 4.98 Å². The van der Waals surface area contributed by atoms with E-state index in [-0.39, 0.29) is 11.9 Å². The van der Waals surface area contributed by atoms with Crippen LogP contribution in [-0.2, 0) is 4.79 Å². The maximum atomic E-state index is 12.9. The zero-order valence-corrected chi connectivity index (χ0v) is 16.6. The van der Waals surface area contributed by atoms with Gasteiger partial charge in [0.1, 0.15) is 11.8 Å². The Morgan fingerprint density at radius 3 is 2.86 bits per heavy atom. The summed E-state index contributed by atoms with van der Waals surface area (Å²) < 4.78 is 10.9. The number of methoxy groups -OCH3 is 1. The quantitative estimate of drug-likeness (QED) is 0.719. The molecule has 150 valence electrons. The van der Waals surface area contributed by atoms with Gasteiger partial charge < -0.3 is 14.2 Å². The van der Waals surface area contributed by atoms with Gasteiger partial charge in [0.05, 0.1) is 7.11 Å². The summed E-state index contributed by atoms with van der Waals surface area (Å²) in [6.45, 7) is 0.783. The minimum atomic E-state index is -0.100. The summed E-state index contributed by atoms with van der Waals surface area (Å²) in [6.07, 6.45) is 9.86. The Morgan fingerprint density at radius 2 is 2.04 bits per heavy atom.